The van der Waals surface area contributed by atoms with Crippen LogP contribution < -0.4 is 5.73 Å². The summed E-state index contributed by atoms with van der Waals surface area (Å²) in [4.78, 5) is 0. The molecule has 0 spiro atoms. The molecule has 20 heavy (non-hydrogen) atoms. The molecular formula is C17H25N3. The van der Waals surface area contributed by atoms with E-state index in [0.717, 1.165) is 25.8 Å². The second-order valence-electron chi connectivity index (χ2n) is 5.40. The Morgan fingerprint density at radius 1 is 1.15 bits per heavy atom. The summed E-state index contributed by atoms with van der Waals surface area (Å²) in [6.07, 6.45) is 2.89. The average Bonchev–Trinajstić information content (AvgIpc) is 2.76. The average molecular weight is 271 g/mol. The van der Waals surface area contributed by atoms with Crippen LogP contribution in [0.5, 0.6) is 0 Å². The number of nitrogens with two attached hydrogens (primary N) is 1. The van der Waals surface area contributed by atoms with Gasteiger partial charge in [0.25, 0.3) is 0 Å². The fourth-order valence-electron chi connectivity index (χ4n) is 2.71. The standard InChI is InChI=1S/C17H25N3/c1-4-16-15(11-13(3)18)17(5-2)20(19-16)12-14-9-7-6-8-10-14/h6-10,13H,4-5,11-12,18H2,1-3H3. The van der Waals surface area contributed by atoms with Crippen molar-refractivity contribution in [1.29, 1.82) is 0 Å². The third kappa shape index (κ3) is 3.28. The Labute approximate surface area is 121 Å². The second-order valence-corrected chi connectivity index (χ2v) is 5.40. The van der Waals surface area contributed by atoms with Gasteiger partial charge in [-0.15, -0.1) is 0 Å². The first-order valence-electron chi connectivity index (χ1n) is 7.52. The summed E-state index contributed by atoms with van der Waals surface area (Å²) in [5, 5.41) is 4.81. The minimum absolute atomic E-state index is 0.181. The molecule has 1 aromatic heterocycles. The van der Waals surface area contributed by atoms with Gasteiger partial charge in [0.2, 0.25) is 0 Å². The topological polar surface area (TPSA) is 43.8 Å². The number of rotatable bonds is 6. The quantitative estimate of drug-likeness (QED) is 0.878. The van der Waals surface area contributed by atoms with Gasteiger partial charge < -0.3 is 5.73 Å². The third-order valence-electron chi connectivity index (χ3n) is 3.62. The number of hydrogen-bond acceptors (Lipinski definition) is 2. The highest BCUT2D eigenvalue weighted by Crippen LogP contribution is 2.19. The highest BCUT2D eigenvalue weighted by Gasteiger charge is 2.16. The van der Waals surface area contributed by atoms with Crippen LogP contribution in [0, 0.1) is 0 Å². The van der Waals surface area contributed by atoms with Crippen molar-refractivity contribution in [1.82, 2.24) is 9.78 Å². The molecular weight excluding hydrogens is 246 g/mol. The van der Waals surface area contributed by atoms with Gasteiger partial charge in [0.15, 0.2) is 0 Å². The van der Waals surface area contributed by atoms with Gasteiger partial charge in [-0.05, 0) is 37.3 Å². The maximum Gasteiger partial charge on any atom is 0.0662 e. The maximum atomic E-state index is 6.00. The molecule has 0 saturated carbocycles. The zero-order chi connectivity index (χ0) is 14.5. The Bertz CT molecular complexity index is 541. The molecule has 1 aromatic carbocycles. The molecule has 0 fully saturated rings. The second kappa shape index (κ2) is 6.71. The van der Waals surface area contributed by atoms with Crippen LogP contribution in [0.25, 0.3) is 0 Å². The van der Waals surface area contributed by atoms with Crippen molar-refractivity contribution in [3.8, 4) is 0 Å². The highest BCUT2D eigenvalue weighted by molar-refractivity contribution is 5.29. The summed E-state index contributed by atoms with van der Waals surface area (Å²) in [7, 11) is 0. The van der Waals surface area contributed by atoms with E-state index in [1.165, 1.54) is 22.5 Å². The molecule has 1 unspecified atom stereocenters. The van der Waals surface area contributed by atoms with E-state index in [0.29, 0.717) is 0 Å². The van der Waals surface area contributed by atoms with Gasteiger partial charge in [-0.2, -0.15) is 5.10 Å². The SMILES string of the molecule is CCc1nn(Cc2ccccc2)c(CC)c1CC(C)N. The van der Waals surface area contributed by atoms with Crippen molar-refractivity contribution < 1.29 is 0 Å². The maximum absolute atomic E-state index is 6.00. The van der Waals surface area contributed by atoms with Gasteiger partial charge in [0, 0.05) is 11.7 Å². The van der Waals surface area contributed by atoms with Gasteiger partial charge in [0.05, 0.1) is 12.2 Å². The Morgan fingerprint density at radius 3 is 2.40 bits per heavy atom. The lowest BCUT2D eigenvalue weighted by atomic mass is 10.0. The summed E-state index contributed by atoms with van der Waals surface area (Å²) < 4.78 is 2.16. The van der Waals surface area contributed by atoms with Crippen LogP contribution in [0.15, 0.2) is 30.3 Å². The predicted octanol–water partition coefficient (Wildman–Crippen LogP) is 2.95. The Balaban J connectivity index is 2.35. The van der Waals surface area contributed by atoms with E-state index in [1.807, 2.05) is 6.07 Å². The molecule has 0 aliphatic rings. The van der Waals surface area contributed by atoms with E-state index in [1.54, 1.807) is 0 Å². The monoisotopic (exact) mass is 271 g/mol. The summed E-state index contributed by atoms with van der Waals surface area (Å²) in [6, 6.07) is 10.7. The minimum atomic E-state index is 0.181. The van der Waals surface area contributed by atoms with Crippen LogP contribution in [-0.2, 0) is 25.8 Å². The smallest absolute Gasteiger partial charge is 0.0662 e. The van der Waals surface area contributed by atoms with Gasteiger partial charge in [0.1, 0.15) is 0 Å². The first kappa shape index (κ1) is 14.8. The molecule has 3 nitrogen and oxygen atoms in total. The van der Waals surface area contributed by atoms with Crippen LogP contribution in [-0.4, -0.2) is 15.8 Å². The molecule has 1 heterocycles. The Morgan fingerprint density at radius 2 is 1.85 bits per heavy atom. The normalized spacial score (nSPS) is 12.6. The molecule has 0 saturated heterocycles. The lowest BCUT2D eigenvalue weighted by molar-refractivity contribution is 0.637. The largest absolute Gasteiger partial charge is 0.328 e. The summed E-state index contributed by atoms with van der Waals surface area (Å²) in [6.45, 7) is 7.27. The van der Waals surface area contributed by atoms with Gasteiger partial charge in [-0.3, -0.25) is 4.68 Å². The van der Waals surface area contributed by atoms with E-state index in [9.17, 15) is 0 Å². The van der Waals surface area contributed by atoms with Crippen LogP contribution in [0.3, 0.4) is 0 Å². The fourth-order valence-corrected chi connectivity index (χ4v) is 2.71. The zero-order valence-corrected chi connectivity index (χ0v) is 12.8. The minimum Gasteiger partial charge on any atom is -0.328 e. The fraction of sp³-hybridized carbons (Fsp3) is 0.471. The molecule has 3 heteroatoms. The van der Waals surface area contributed by atoms with E-state index in [-0.39, 0.29) is 6.04 Å². The van der Waals surface area contributed by atoms with E-state index >= 15 is 0 Å². The van der Waals surface area contributed by atoms with Crippen molar-refractivity contribution >= 4 is 0 Å². The molecule has 2 aromatic rings. The first-order valence-corrected chi connectivity index (χ1v) is 7.52. The summed E-state index contributed by atoms with van der Waals surface area (Å²) >= 11 is 0. The molecule has 1 atom stereocenters. The van der Waals surface area contributed by atoms with Crippen LogP contribution >= 0.6 is 0 Å². The van der Waals surface area contributed by atoms with E-state index in [2.05, 4.69) is 49.7 Å². The number of benzene rings is 1. The summed E-state index contributed by atoms with van der Waals surface area (Å²) in [5.74, 6) is 0. The number of nitrogens with zero attached hydrogens (tertiary/aromatic N) is 2. The van der Waals surface area contributed by atoms with Crippen LogP contribution in [0.2, 0.25) is 0 Å². The molecule has 108 valence electrons. The van der Waals surface area contributed by atoms with E-state index in [4.69, 9.17) is 10.8 Å². The number of aromatic nitrogens is 2. The lowest BCUT2D eigenvalue weighted by Crippen LogP contribution is -2.19. The number of aryl methyl sites for hydroxylation is 1. The molecule has 2 rings (SSSR count). The zero-order valence-electron chi connectivity index (χ0n) is 12.8. The van der Waals surface area contributed by atoms with Crippen molar-refractivity contribution in [2.45, 2.75) is 52.6 Å². The van der Waals surface area contributed by atoms with Crippen molar-refractivity contribution in [2.24, 2.45) is 5.73 Å². The highest BCUT2D eigenvalue weighted by atomic mass is 15.3. The predicted molar refractivity (Wildman–Crippen MR) is 83.9 cm³/mol. The van der Waals surface area contributed by atoms with Crippen molar-refractivity contribution in [3.05, 3.63) is 52.8 Å². The summed E-state index contributed by atoms with van der Waals surface area (Å²) in [5.41, 5.74) is 11.2. The van der Waals surface area contributed by atoms with Gasteiger partial charge >= 0.3 is 0 Å². The molecule has 0 aliphatic carbocycles. The molecule has 0 amide bonds. The molecule has 2 N–H and O–H groups in total. The Kier molecular flexibility index (Phi) is 4.96. The van der Waals surface area contributed by atoms with Crippen LogP contribution in [0.1, 0.15) is 43.3 Å². The third-order valence-corrected chi connectivity index (χ3v) is 3.62. The molecule has 0 bridgehead atoms. The first-order chi connectivity index (χ1) is 9.65. The van der Waals surface area contributed by atoms with Crippen molar-refractivity contribution in [3.63, 3.8) is 0 Å². The van der Waals surface area contributed by atoms with Crippen molar-refractivity contribution in [2.75, 3.05) is 0 Å². The van der Waals surface area contributed by atoms with Gasteiger partial charge in [-0.1, -0.05) is 44.2 Å². The Hall–Kier alpha value is -1.61. The molecule has 0 radical (unpaired) electrons. The van der Waals surface area contributed by atoms with Crippen LogP contribution in [0.4, 0.5) is 0 Å². The lowest BCUT2D eigenvalue weighted by Gasteiger charge is -2.10. The molecule has 0 aliphatic heterocycles. The van der Waals surface area contributed by atoms with E-state index < -0.39 is 0 Å². The van der Waals surface area contributed by atoms with Gasteiger partial charge in [-0.25, -0.2) is 0 Å². The number of hydrogen-bond donors (Lipinski definition) is 1.